The maximum absolute atomic E-state index is 12.4. The molecule has 0 amide bonds. The second-order valence-electron chi connectivity index (χ2n) is 4.70. The van der Waals surface area contributed by atoms with Crippen LogP contribution in [-0.2, 0) is 16.6 Å². The Balaban J connectivity index is 2.23. The fourth-order valence-corrected chi connectivity index (χ4v) is 3.71. The van der Waals surface area contributed by atoms with E-state index in [-0.39, 0.29) is 17.7 Å². The van der Waals surface area contributed by atoms with E-state index in [1.807, 2.05) is 24.3 Å². The van der Waals surface area contributed by atoms with Gasteiger partial charge in [0.25, 0.3) is 5.56 Å². The topological polar surface area (TPSA) is 65.4 Å². The van der Waals surface area contributed by atoms with Crippen molar-refractivity contribution in [3.05, 3.63) is 40.2 Å². The smallest absolute Gasteiger partial charge is 0.327 e. The molecule has 0 fully saturated rings. The number of aryl methyl sites for hydroxylation is 1. The number of hydrogen-bond donors (Lipinski definition) is 0. The van der Waals surface area contributed by atoms with E-state index >= 15 is 0 Å². The minimum absolute atomic E-state index is 0.0965. The van der Waals surface area contributed by atoms with Crippen molar-refractivity contribution in [3.8, 4) is 0 Å². The molecule has 0 unspecified atom stereocenters. The Hall–Kier alpha value is -2.08. The summed E-state index contributed by atoms with van der Waals surface area (Å²) in [5.74, 6) is -1.05. The van der Waals surface area contributed by atoms with E-state index in [0.717, 1.165) is 22.7 Å². The van der Waals surface area contributed by atoms with Crippen LogP contribution in [0.4, 0.5) is 0 Å². The third-order valence-electron chi connectivity index (χ3n) is 3.48. The van der Waals surface area contributed by atoms with Crippen molar-refractivity contribution in [3.63, 3.8) is 0 Å². The second kappa shape index (κ2) is 5.04. The van der Waals surface area contributed by atoms with Crippen LogP contribution in [0.1, 0.15) is 17.3 Å². The highest BCUT2D eigenvalue weighted by Gasteiger charge is 2.41. The van der Waals surface area contributed by atoms with Gasteiger partial charge in [0.05, 0.1) is 17.7 Å². The first kappa shape index (κ1) is 13.9. The molecule has 0 radical (unpaired) electrons. The first-order valence-electron chi connectivity index (χ1n) is 6.55. The highest BCUT2D eigenvalue weighted by atomic mass is 32.2. The van der Waals surface area contributed by atoms with Gasteiger partial charge < -0.3 is 9.30 Å². The summed E-state index contributed by atoms with van der Waals surface area (Å²) in [4.78, 5) is 37.2. The molecule has 1 atom stereocenters. The lowest BCUT2D eigenvalue weighted by Crippen LogP contribution is -2.30. The van der Waals surface area contributed by atoms with Gasteiger partial charge in [-0.2, -0.15) is 0 Å². The van der Waals surface area contributed by atoms with Crippen LogP contribution in [0.5, 0.6) is 0 Å². The van der Waals surface area contributed by atoms with E-state index in [1.165, 1.54) is 4.57 Å². The number of fused-ring (bicyclic) bond motifs is 3. The predicted octanol–water partition coefficient (Wildman–Crippen LogP) is 1.76. The zero-order chi connectivity index (χ0) is 15.1. The lowest BCUT2D eigenvalue weighted by Gasteiger charge is -2.08. The number of aromatic nitrogens is 1. The summed E-state index contributed by atoms with van der Waals surface area (Å²) in [7, 11) is 1.63. The molecule has 1 aliphatic heterocycles. The molecule has 0 spiro atoms. The molecule has 0 bridgehead atoms. The molecule has 2 aromatic rings. The van der Waals surface area contributed by atoms with Gasteiger partial charge in [0, 0.05) is 17.3 Å². The number of carbonyl (C=O) groups excluding carboxylic acids is 2. The minimum atomic E-state index is -0.974. The highest BCUT2D eigenvalue weighted by molar-refractivity contribution is 8.02. The Bertz CT molecular complexity index is 824. The van der Waals surface area contributed by atoms with Crippen LogP contribution < -0.4 is 5.56 Å². The van der Waals surface area contributed by atoms with Gasteiger partial charge in [-0.1, -0.05) is 18.2 Å². The zero-order valence-corrected chi connectivity index (χ0v) is 12.4. The molecule has 1 aromatic heterocycles. The van der Waals surface area contributed by atoms with Crippen LogP contribution in [0, 0.1) is 0 Å². The predicted molar refractivity (Wildman–Crippen MR) is 79.8 cm³/mol. The number of para-hydroxylation sites is 1. The van der Waals surface area contributed by atoms with Crippen molar-refractivity contribution in [2.75, 3.05) is 6.61 Å². The van der Waals surface area contributed by atoms with Gasteiger partial charge in [0.2, 0.25) is 0 Å². The first-order valence-corrected chi connectivity index (χ1v) is 7.43. The maximum atomic E-state index is 12.4. The zero-order valence-electron chi connectivity index (χ0n) is 11.6. The number of benzene rings is 1. The van der Waals surface area contributed by atoms with Gasteiger partial charge in [0.15, 0.2) is 11.0 Å². The summed E-state index contributed by atoms with van der Waals surface area (Å²) in [6.07, 6.45) is 0. The summed E-state index contributed by atoms with van der Waals surface area (Å²) in [5.41, 5.74) is 0.471. The van der Waals surface area contributed by atoms with Crippen molar-refractivity contribution in [2.45, 2.75) is 17.1 Å². The molecule has 0 N–H and O–H groups in total. The molecule has 2 heterocycles. The Morgan fingerprint density at radius 2 is 2.05 bits per heavy atom. The number of thioether (sulfide) groups is 1. The molecule has 108 valence electrons. The average Bonchev–Trinajstić information content (AvgIpc) is 2.83. The molecular formula is C15H13NO4S. The molecule has 1 aromatic carbocycles. The van der Waals surface area contributed by atoms with Crippen LogP contribution in [0.3, 0.4) is 0 Å². The fraction of sp³-hybridized carbons (Fsp3) is 0.267. The number of pyridine rings is 1. The molecule has 6 heteroatoms. The van der Waals surface area contributed by atoms with Crippen LogP contribution >= 0.6 is 11.8 Å². The molecule has 1 aliphatic rings. The van der Waals surface area contributed by atoms with Crippen LogP contribution in [0.25, 0.3) is 10.9 Å². The third-order valence-corrected chi connectivity index (χ3v) is 4.78. The van der Waals surface area contributed by atoms with Crippen molar-refractivity contribution >= 4 is 34.4 Å². The van der Waals surface area contributed by atoms with Crippen molar-refractivity contribution in [1.29, 1.82) is 0 Å². The van der Waals surface area contributed by atoms with E-state index < -0.39 is 17.0 Å². The van der Waals surface area contributed by atoms with E-state index in [1.54, 1.807) is 14.0 Å². The van der Waals surface area contributed by atoms with Crippen molar-refractivity contribution in [2.24, 2.45) is 7.05 Å². The van der Waals surface area contributed by atoms with Crippen molar-refractivity contribution in [1.82, 2.24) is 4.57 Å². The highest BCUT2D eigenvalue weighted by Crippen LogP contribution is 2.40. The lowest BCUT2D eigenvalue weighted by molar-refractivity contribution is -0.141. The molecular weight excluding hydrogens is 290 g/mol. The number of Topliss-reactive ketones (excluding diaryl/α,β-unsaturated/α-hetero) is 1. The van der Waals surface area contributed by atoms with Gasteiger partial charge in [-0.05, 0) is 13.0 Å². The average molecular weight is 303 g/mol. The number of ether oxygens (including phenoxy) is 1. The van der Waals surface area contributed by atoms with Crippen LogP contribution in [0.2, 0.25) is 0 Å². The Morgan fingerprint density at radius 1 is 1.33 bits per heavy atom. The van der Waals surface area contributed by atoms with Crippen molar-refractivity contribution < 1.29 is 14.3 Å². The van der Waals surface area contributed by atoms with E-state index in [2.05, 4.69) is 0 Å². The van der Waals surface area contributed by atoms with E-state index in [0.29, 0.717) is 4.90 Å². The fourth-order valence-electron chi connectivity index (χ4n) is 2.48. The van der Waals surface area contributed by atoms with E-state index in [9.17, 15) is 14.4 Å². The van der Waals surface area contributed by atoms with Crippen LogP contribution in [-0.4, -0.2) is 28.2 Å². The largest absolute Gasteiger partial charge is 0.465 e. The number of rotatable bonds is 2. The minimum Gasteiger partial charge on any atom is -0.465 e. The number of hydrogen-bond acceptors (Lipinski definition) is 5. The van der Waals surface area contributed by atoms with Gasteiger partial charge in [-0.25, -0.2) is 0 Å². The third kappa shape index (κ3) is 1.98. The Morgan fingerprint density at radius 3 is 2.76 bits per heavy atom. The number of ketones is 1. The first-order chi connectivity index (χ1) is 10.1. The molecule has 0 aliphatic carbocycles. The Kier molecular flexibility index (Phi) is 3.33. The Labute approximate surface area is 124 Å². The monoisotopic (exact) mass is 303 g/mol. The van der Waals surface area contributed by atoms with Crippen LogP contribution in [0.15, 0.2) is 34.0 Å². The van der Waals surface area contributed by atoms with Gasteiger partial charge >= 0.3 is 5.97 Å². The van der Waals surface area contributed by atoms with Gasteiger partial charge in [0.1, 0.15) is 0 Å². The molecule has 0 saturated heterocycles. The molecule has 0 saturated carbocycles. The normalized spacial score (nSPS) is 17.0. The summed E-state index contributed by atoms with van der Waals surface area (Å²) >= 11 is 1.11. The number of nitrogens with zero attached hydrogens (tertiary/aromatic N) is 1. The maximum Gasteiger partial charge on any atom is 0.327 e. The number of esters is 1. The summed E-state index contributed by atoms with van der Waals surface area (Å²) in [6, 6.07) is 7.34. The molecule has 5 nitrogen and oxygen atoms in total. The lowest BCUT2D eigenvalue weighted by atomic mass is 10.1. The van der Waals surface area contributed by atoms with Gasteiger partial charge in [-0.15, -0.1) is 11.8 Å². The summed E-state index contributed by atoms with van der Waals surface area (Å²) in [6.45, 7) is 1.89. The standard InChI is InChI=1S/C15H13NO4S/c1-3-20-15(19)13-11(17)10-12(21-13)8-6-4-5-7-9(8)16(2)14(10)18/h4-7,13H,3H2,1-2H3/t13-/m0/s1. The SMILES string of the molecule is CCOC(=O)[C@H]1Sc2c(c(=O)n(C)c3ccccc23)C1=O. The number of carbonyl (C=O) groups is 2. The summed E-state index contributed by atoms with van der Waals surface area (Å²) in [5, 5.41) is -0.168. The summed E-state index contributed by atoms with van der Waals surface area (Å²) < 4.78 is 6.36. The quantitative estimate of drug-likeness (QED) is 0.625. The molecule has 3 rings (SSSR count). The van der Waals surface area contributed by atoms with Gasteiger partial charge in [-0.3, -0.25) is 14.4 Å². The van der Waals surface area contributed by atoms with E-state index in [4.69, 9.17) is 4.74 Å². The molecule has 21 heavy (non-hydrogen) atoms. The second-order valence-corrected chi connectivity index (χ2v) is 5.81.